The molecule has 0 aliphatic carbocycles. The molecule has 0 amide bonds. The predicted octanol–water partition coefficient (Wildman–Crippen LogP) is 2.83. The van der Waals surface area contributed by atoms with Crippen LogP contribution in [0.25, 0.3) is 0 Å². The van der Waals surface area contributed by atoms with Crippen molar-refractivity contribution in [3.8, 4) is 0 Å². The summed E-state index contributed by atoms with van der Waals surface area (Å²) in [5.74, 6) is 2.71. The number of hydrogen-bond donors (Lipinski definition) is 2. The summed E-state index contributed by atoms with van der Waals surface area (Å²) in [4.78, 5) is 13.2. The zero-order valence-electron chi connectivity index (χ0n) is 13.0. The minimum atomic E-state index is 0.831. The molecule has 0 radical (unpaired) electrons. The van der Waals surface area contributed by atoms with Gasteiger partial charge in [0, 0.05) is 37.5 Å². The predicted molar refractivity (Wildman–Crippen MR) is 86.7 cm³/mol. The maximum absolute atomic E-state index is 4.59. The van der Waals surface area contributed by atoms with Crippen molar-refractivity contribution in [1.82, 2.24) is 15.0 Å². The second-order valence-electron chi connectivity index (χ2n) is 4.88. The van der Waals surface area contributed by atoms with Gasteiger partial charge in [0.1, 0.15) is 17.5 Å². The highest BCUT2D eigenvalue weighted by Gasteiger charge is 2.09. The number of pyridine rings is 1. The molecular formula is C16H23N5. The minimum Gasteiger partial charge on any atom is -0.370 e. The lowest BCUT2D eigenvalue weighted by atomic mass is 10.2. The van der Waals surface area contributed by atoms with Crippen LogP contribution in [0.1, 0.15) is 30.8 Å². The van der Waals surface area contributed by atoms with E-state index < -0.39 is 0 Å². The smallest absolute Gasteiger partial charge is 0.134 e. The summed E-state index contributed by atoms with van der Waals surface area (Å²) in [7, 11) is 0. The number of nitrogens with zero attached hydrogens (tertiary/aromatic N) is 3. The van der Waals surface area contributed by atoms with Gasteiger partial charge in [-0.1, -0.05) is 6.92 Å². The largest absolute Gasteiger partial charge is 0.370 e. The quantitative estimate of drug-likeness (QED) is 0.819. The second-order valence-corrected chi connectivity index (χ2v) is 4.88. The van der Waals surface area contributed by atoms with Gasteiger partial charge in [-0.2, -0.15) is 0 Å². The van der Waals surface area contributed by atoms with Crippen LogP contribution in [0.2, 0.25) is 0 Å². The molecule has 5 nitrogen and oxygen atoms in total. The van der Waals surface area contributed by atoms with E-state index in [-0.39, 0.29) is 0 Å². The van der Waals surface area contributed by atoms with Crippen molar-refractivity contribution >= 4 is 11.6 Å². The van der Waals surface area contributed by atoms with Gasteiger partial charge in [-0.3, -0.25) is 4.98 Å². The summed E-state index contributed by atoms with van der Waals surface area (Å²) >= 11 is 0. The molecular weight excluding hydrogens is 262 g/mol. The highest BCUT2D eigenvalue weighted by atomic mass is 15.1. The van der Waals surface area contributed by atoms with Crippen molar-refractivity contribution < 1.29 is 0 Å². The Morgan fingerprint density at radius 2 is 1.67 bits per heavy atom. The average molecular weight is 285 g/mol. The molecule has 2 N–H and O–H groups in total. The van der Waals surface area contributed by atoms with Crippen molar-refractivity contribution in [1.29, 1.82) is 0 Å². The Bertz CT molecular complexity index is 568. The molecule has 0 aromatic carbocycles. The Morgan fingerprint density at radius 3 is 2.29 bits per heavy atom. The lowest BCUT2D eigenvalue weighted by Gasteiger charge is -2.14. The Labute approximate surface area is 126 Å². The third kappa shape index (κ3) is 4.15. The molecule has 0 spiro atoms. The number of anilines is 2. The van der Waals surface area contributed by atoms with Crippen molar-refractivity contribution in [3.63, 3.8) is 0 Å². The SMILES string of the molecule is CCNc1nc(CC)nc(NCCc2ccncc2)c1C. The molecule has 0 aliphatic heterocycles. The van der Waals surface area contributed by atoms with Crippen LogP contribution in [0, 0.1) is 6.92 Å². The molecule has 112 valence electrons. The zero-order chi connectivity index (χ0) is 15.1. The fourth-order valence-electron chi connectivity index (χ4n) is 2.11. The van der Waals surface area contributed by atoms with E-state index in [4.69, 9.17) is 0 Å². The van der Waals surface area contributed by atoms with Gasteiger partial charge >= 0.3 is 0 Å². The summed E-state index contributed by atoms with van der Waals surface area (Å²) in [5, 5.41) is 6.72. The maximum Gasteiger partial charge on any atom is 0.134 e. The molecule has 0 atom stereocenters. The van der Waals surface area contributed by atoms with E-state index in [2.05, 4.69) is 39.4 Å². The van der Waals surface area contributed by atoms with Crippen LogP contribution in [0.4, 0.5) is 11.6 Å². The topological polar surface area (TPSA) is 62.7 Å². The molecule has 0 bridgehead atoms. The first-order chi connectivity index (χ1) is 10.2. The van der Waals surface area contributed by atoms with Gasteiger partial charge in [-0.25, -0.2) is 9.97 Å². The molecule has 2 aromatic rings. The van der Waals surface area contributed by atoms with E-state index >= 15 is 0 Å². The lowest BCUT2D eigenvalue weighted by Crippen LogP contribution is -2.12. The van der Waals surface area contributed by atoms with Crippen LogP contribution < -0.4 is 10.6 Å². The van der Waals surface area contributed by atoms with E-state index in [1.54, 1.807) is 0 Å². The van der Waals surface area contributed by atoms with E-state index in [1.165, 1.54) is 5.56 Å². The third-order valence-electron chi connectivity index (χ3n) is 3.31. The minimum absolute atomic E-state index is 0.831. The average Bonchev–Trinajstić information content (AvgIpc) is 2.52. The number of rotatable bonds is 7. The number of aryl methyl sites for hydroxylation is 1. The van der Waals surface area contributed by atoms with Gasteiger partial charge in [0.15, 0.2) is 0 Å². The lowest BCUT2D eigenvalue weighted by molar-refractivity contribution is 0.912. The highest BCUT2D eigenvalue weighted by Crippen LogP contribution is 2.20. The van der Waals surface area contributed by atoms with Crippen molar-refractivity contribution in [3.05, 3.63) is 41.5 Å². The Balaban J connectivity index is 2.06. The fourth-order valence-corrected chi connectivity index (χ4v) is 2.11. The summed E-state index contributed by atoms with van der Waals surface area (Å²) < 4.78 is 0. The summed E-state index contributed by atoms with van der Waals surface area (Å²) in [5.41, 5.74) is 2.34. The summed E-state index contributed by atoms with van der Waals surface area (Å²) in [6.45, 7) is 7.89. The van der Waals surface area contributed by atoms with Crippen LogP contribution in [0.3, 0.4) is 0 Å². The van der Waals surface area contributed by atoms with Gasteiger partial charge in [-0.15, -0.1) is 0 Å². The highest BCUT2D eigenvalue weighted by molar-refractivity contribution is 5.57. The Morgan fingerprint density at radius 1 is 1.00 bits per heavy atom. The van der Waals surface area contributed by atoms with Crippen LogP contribution >= 0.6 is 0 Å². The fraction of sp³-hybridized carbons (Fsp3) is 0.438. The summed E-state index contributed by atoms with van der Waals surface area (Å²) in [6.07, 6.45) is 5.43. The monoisotopic (exact) mass is 285 g/mol. The molecule has 0 unspecified atom stereocenters. The van der Waals surface area contributed by atoms with Gasteiger partial charge in [0.05, 0.1) is 0 Å². The standard InChI is InChI=1S/C16H23N5/c1-4-14-20-15(18-5-2)12(3)16(21-14)19-11-8-13-6-9-17-10-7-13/h6-7,9-10H,4-5,8,11H2,1-3H3,(H2,18,19,20,21). The van der Waals surface area contributed by atoms with E-state index in [0.29, 0.717) is 0 Å². The molecule has 5 heteroatoms. The zero-order valence-corrected chi connectivity index (χ0v) is 13.0. The Kier molecular flexibility index (Phi) is 5.49. The van der Waals surface area contributed by atoms with Crippen molar-refractivity contribution in [2.45, 2.75) is 33.6 Å². The molecule has 0 fully saturated rings. The molecule has 21 heavy (non-hydrogen) atoms. The van der Waals surface area contributed by atoms with Gasteiger partial charge in [0.2, 0.25) is 0 Å². The van der Waals surface area contributed by atoms with Crippen LogP contribution in [-0.2, 0) is 12.8 Å². The molecule has 0 aliphatic rings. The molecule has 2 aromatic heterocycles. The third-order valence-corrected chi connectivity index (χ3v) is 3.31. The van der Waals surface area contributed by atoms with Gasteiger partial charge < -0.3 is 10.6 Å². The number of aromatic nitrogens is 3. The van der Waals surface area contributed by atoms with E-state index in [0.717, 1.165) is 49.0 Å². The summed E-state index contributed by atoms with van der Waals surface area (Å²) in [6, 6.07) is 4.08. The first-order valence-corrected chi connectivity index (χ1v) is 7.48. The van der Waals surface area contributed by atoms with Crippen molar-refractivity contribution in [2.24, 2.45) is 0 Å². The van der Waals surface area contributed by atoms with Crippen LogP contribution in [-0.4, -0.2) is 28.0 Å². The van der Waals surface area contributed by atoms with E-state index in [1.807, 2.05) is 31.5 Å². The van der Waals surface area contributed by atoms with Crippen molar-refractivity contribution in [2.75, 3.05) is 23.7 Å². The molecule has 0 saturated carbocycles. The molecule has 2 rings (SSSR count). The first-order valence-electron chi connectivity index (χ1n) is 7.48. The maximum atomic E-state index is 4.59. The van der Waals surface area contributed by atoms with Gasteiger partial charge in [-0.05, 0) is 38.0 Å². The van der Waals surface area contributed by atoms with Crippen LogP contribution in [0.5, 0.6) is 0 Å². The molecule has 2 heterocycles. The first kappa shape index (κ1) is 15.2. The number of nitrogens with one attached hydrogen (secondary N) is 2. The second kappa shape index (κ2) is 7.57. The number of hydrogen-bond acceptors (Lipinski definition) is 5. The van der Waals surface area contributed by atoms with Gasteiger partial charge in [0.25, 0.3) is 0 Å². The van der Waals surface area contributed by atoms with Crippen LogP contribution in [0.15, 0.2) is 24.5 Å². The molecule has 0 saturated heterocycles. The Hall–Kier alpha value is -2.17. The van der Waals surface area contributed by atoms with E-state index in [9.17, 15) is 0 Å². The normalized spacial score (nSPS) is 10.4.